The average Bonchev–Trinajstić information content (AvgIpc) is 3.19. The molecule has 0 spiro atoms. The van der Waals surface area contributed by atoms with Gasteiger partial charge in [0.1, 0.15) is 11.5 Å². The Morgan fingerprint density at radius 1 is 0.830 bits per heavy atom. The third kappa shape index (κ3) is 27.3. The molecule has 0 aromatic heterocycles. The summed E-state index contributed by atoms with van der Waals surface area (Å²) >= 11 is 0. The molecule has 0 bridgehead atoms. The smallest absolute Gasteiger partial charge is 0.308 e. The highest BCUT2D eigenvalue weighted by Gasteiger charge is 2.22. The number of esters is 2. The summed E-state index contributed by atoms with van der Waals surface area (Å²) in [5.41, 5.74) is 8.35. The van der Waals surface area contributed by atoms with Crippen molar-refractivity contribution in [3.8, 4) is 0 Å². The number of nitrogens with one attached hydrogen (secondary N) is 1. The summed E-state index contributed by atoms with van der Waals surface area (Å²) in [6.07, 6.45) is 25.3. The van der Waals surface area contributed by atoms with E-state index in [2.05, 4.69) is 53.4 Å². The highest BCUT2D eigenvalue weighted by atomic mass is 16.5. The van der Waals surface area contributed by atoms with Crippen LogP contribution in [0.4, 0.5) is 0 Å². The second-order valence-corrected chi connectivity index (χ2v) is 12.6. The number of ether oxygens (including phenoxy) is 4. The quantitative estimate of drug-likeness (QED) is 0.0621. The SMILES string of the molecule is C=C(C)/C(=C\C=C(/C)C(=O)/C(NC=O)=C(/C)N)OC.CCC.CO.COC(=O)C1CCCCC1.COC(=O)C1CCCCC1.COCC1=CCCC=C1. The van der Waals surface area contributed by atoms with Crippen LogP contribution in [0.5, 0.6) is 0 Å². The van der Waals surface area contributed by atoms with Gasteiger partial charge in [0.05, 0.1) is 39.8 Å². The Kier molecular flexibility index (Phi) is 36.7. The van der Waals surface area contributed by atoms with E-state index >= 15 is 0 Å². The van der Waals surface area contributed by atoms with Gasteiger partial charge in [0, 0.05) is 19.9 Å². The number of ketones is 1. The van der Waals surface area contributed by atoms with Crippen LogP contribution in [0, 0.1) is 11.8 Å². The summed E-state index contributed by atoms with van der Waals surface area (Å²) in [7, 11) is 7.19. The largest absolute Gasteiger partial charge is 0.497 e. The van der Waals surface area contributed by atoms with Gasteiger partial charge in [-0.25, -0.2) is 0 Å². The van der Waals surface area contributed by atoms with Gasteiger partial charge in [-0.15, -0.1) is 0 Å². The Hall–Kier alpha value is -3.96. The van der Waals surface area contributed by atoms with Crippen LogP contribution in [-0.2, 0) is 38.1 Å². The van der Waals surface area contributed by atoms with Crippen LogP contribution in [0.2, 0.25) is 0 Å². The number of amides is 1. The molecular formula is C42H72N2O9. The molecule has 0 unspecified atom stereocenters. The minimum atomic E-state index is -0.347. The third-order valence-corrected chi connectivity index (χ3v) is 7.97. The lowest BCUT2D eigenvalue weighted by molar-refractivity contribution is -0.147. The van der Waals surface area contributed by atoms with Crippen molar-refractivity contribution in [2.24, 2.45) is 17.6 Å². The van der Waals surface area contributed by atoms with Gasteiger partial charge >= 0.3 is 11.9 Å². The number of allylic oxidation sites excluding steroid dienone is 7. The van der Waals surface area contributed by atoms with Crippen LogP contribution in [0.15, 0.2) is 70.8 Å². The molecule has 304 valence electrons. The summed E-state index contributed by atoms with van der Waals surface area (Å²) in [6.45, 7) is 13.7. The minimum Gasteiger partial charge on any atom is -0.497 e. The number of carbonyl (C=O) groups excluding carboxylic acids is 4. The molecule has 11 nitrogen and oxygen atoms in total. The second-order valence-electron chi connectivity index (χ2n) is 12.6. The maximum Gasteiger partial charge on any atom is 0.308 e. The Balaban J connectivity index is -0.000000629. The van der Waals surface area contributed by atoms with E-state index < -0.39 is 0 Å². The van der Waals surface area contributed by atoms with Gasteiger partial charge in [-0.2, -0.15) is 0 Å². The molecule has 1 amide bonds. The van der Waals surface area contributed by atoms with Crippen LogP contribution in [-0.4, -0.2) is 71.4 Å². The fourth-order valence-electron chi connectivity index (χ4n) is 5.23. The van der Waals surface area contributed by atoms with E-state index in [1.807, 2.05) is 0 Å². The summed E-state index contributed by atoms with van der Waals surface area (Å²) in [5, 5.41) is 9.30. The molecule has 11 heteroatoms. The maximum atomic E-state index is 12.0. The van der Waals surface area contributed by atoms with Crippen LogP contribution >= 0.6 is 0 Å². The van der Waals surface area contributed by atoms with Crippen molar-refractivity contribution in [2.75, 3.05) is 42.2 Å². The normalized spacial score (nSPS) is 16.0. The lowest BCUT2D eigenvalue weighted by atomic mass is 9.89. The highest BCUT2D eigenvalue weighted by Crippen LogP contribution is 2.25. The predicted molar refractivity (Wildman–Crippen MR) is 214 cm³/mol. The number of methoxy groups -OCH3 is 4. The Morgan fingerprint density at radius 2 is 1.30 bits per heavy atom. The van der Waals surface area contributed by atoms with E-state index in [0.29, 0.717) is 17.7 Å². The molecular weight excluding hydrogens is 676 g/mol. The standard InChI is InChI=1S/C14H20N2O3.2C8H14O2.C8H12O.C3H8.CH4O/c1-9(2)12(19-5)7-6-10(3)14(18)13(11(4)15)16-8-17;2*1-10-8(9)7-5-3-2-4-6-7;1-9-7-8-5-3-2-4-6-8;1-3-2;1-2/h6-8H,1,15H2,2-5H3,(H,16,17);2*7H,2-6H2,1H3;3,5-6H,2,4,7H2,1H3;3H2,1-2H3;2H,1H3/b10-6+,12-7+,13-11+;;;;;. The topological polar surface area (TPSA) is 163 Å². The van der Waals surface area contributed by atoms with Crippen molar-refractivity contribution < 1.29 is 43.2 Å². The van der Waals surface area contributed by atoms with Crippen LogP contribution in [0.3, 0.4) is 0 Å². The molecule has 0 aliphatic heterocycles. The second kappa shape index (κ2) is 36.4. The number of aliphatic hydroxyl groups is 1. The minimum absolute atomic E-state index is 0.0142. The first-order valence-corrected chi connectivity index (χ1v) is 18.6. The van der Waals surface area contributed by atoms with Crippen molar-refractivity contribution in [1.82, 2.24) is 5.32 Å². The lowest BCUT2D eigenvalue weighted by Crippen LogP contribution is -2.23. The molecule has 4 N–H and O–H groups in total. The molecule has 0 atom stereocenters. The van der Waals surface area contributed by atoms with Gasteiger partial charge in [-0.05, 0) is 82.1 Å². The third-order valence-electron chi connectivity index (χ3n) is 7.97. The molecule has 0 aromatic rings. The summed E-state index contributed by atoms with van der Waals surface area (Å²) in [4.78, 5) is 44.3. The molecule has 0 radical (unpaired) electrons. The molecule has 3 aliphatic carbocycles. The fourth-order valence-corrected chi connectivity index (χ4v) is 5.23. The molecule has 0 saturated heterocycles. The molecule has 53 heavy (non-hydrogen) atoms. The van der Waals surface area contributed by atoms with Crippen molar-refractivity contribution >= 4 is 24.1 Å². The van der Waals surface area contributed by atoms with Crippen molar-refractivity contribution in [3.05, 3.63) is 70.8 Å². The molecule has 3 aliphatic rings. The number of rotatable bonds is 11. The van der Waals surface area contributed by atoms with E-state index in [-0.39, 0.29) is 41.0 Å². The van der Waals surface area contributed by atoms with Gasteiger partial charge in [-0.3, -0.25) is 19.2 Å². The zero-order chi connectivity index (χ0) is 41.0. The summed E-state index contributed by atoms with van der Waals surface area (Å²) < 4.78 is 19.4. The van der Waals surface area contributed by atoms with E-state index in [0.717, 1.165) is 45.0 Å². The van der Waals surface area contributed by atoms with Gasteiger partial charge in [0.15, 0.2) is 0 Å². The number of nitrogens with two attached hydrogens (primary N) is 1. The molecule has 2 fully saturated rings. The lowest BCUT2D eigenvalue weighted by Gasteiger charge is -2.18. The van der Waals surface area contributed by atoms with Gasteiger partial charge in [0.25, 0.3) is 0 Å². The number of carbonyl (C=O) groups is 4. The zero-order valence-corrected chi connectivity index (χ0v) is 34.5. The van der Waals surface area contributed by atoms with Crippen LogP contribution in [0.25, 0.3) is 0 Å². The first kappa shape index (κ1) is 53.4. The average molecular weight is 749 g/mol. The Bertz CT molecular complexity index is 1150. The van der Waals surface area contributed by atoms with Crippen molar-refractivity contribution in [1.29, 1.82) is 0 Å². The van der Waals surface area contributed by atoms with Gasteiger partial charge < -0.3 is 35.1 Å². The van der Waals surface area contributed by atoms with Crippen LogP contribution in [0.1, 0.15) is 118 Å². The van der Waals surface area contributed by atoms with Crippen LogP contribution < -0.4 is 11.1 Å². The first-order chi connectivity index (χ1) is 25.4. The number of Topliss-reactive ketones (excluding diaryl/α,β-unsaturated/α-hetero) is 1. The highest BCUT2D eigenvalue weighted by molar-refractivity contribution is 6.09. The zero-order valence-electron chi connectivity index (χ0n) is 34.5. The maximum absolute atomic E-state index is 12.0. The monoisotopic (exact) mass is 749 g/mol. The van der Waals surface area contributed by atoms with Gasteiger partial charge in [-0.1, -0.05) is 89.7 Å². The first-order valence-electron chi connectivity index (χ1n) is 18.6. The van der Waals surface area contributed by atoms with Crippen molar-refractivity contribution in [3.63, 3.8) is 0 Å². The number of hydrogen-bond acceptors (Lipinski definition) is 10. The Morgan fingerprint density at radius 3 is 1.62 bits per heavy atom. The Labute approximate surface area is 320 Å². The molecule has 0 aromatic carbocycles. The molecule has 3 rings (SSSR count). The number of aliphatic hydroxyl groups excluding tert-OH is 1. The fraction of sp³-hybridized carbons (Fsp3) is 0.619. The number of hydrogen-bond donors (Lipinski definition) is 3. The van der Waals surface area contributed by atoms with E-state index in [1.165, 1.54) is 84.7 Å². The summed E-state index contributed by atoms with van der Waals surface area (Å²) in [5.74, 6) is 0.614. The van der Waals surface area contributed by atoms with E-state index in [9.17, 15) is 19.2 Å². The molecule has 2 saturated carbocycles. The molecule has 0 heterocycles. The van der Waals surface area contributed by atoms with E-state index in [4.69, 9.17) is 20.3 Å². The van der Waals surface area contributed by atoms with E-state index in [1.54, 1.807) is 40.0 Å². The van der Waals surface area contributed by atoms with Gasteiger partial charge in [0.2, 0.25) is 12.2 Å². The predicted octanol–water partition coefficient (Wildman–Crippen LogP) is 7.96. The summed E-state index contributed by atoms with van der Waals surface area (Å²) in [6, 6.07) is 0. The van der Waals surface area contributed by atoms with Crippen molar-refractivity contribution in [2.45, 2.75) is 118 Å².